The lowest BCUT2D eigenvalue weighted by Gasteiger charge is -2.12. The molecular formula is C15H21N5O4. The smallest absolute Gasteiger partial charge is 0.258 e. The van der Waals surface area contributed by atoms with Crippen LogP contribution >= 0.6 is 0 Å². The number of nitrogens with zero attached hydrogens (tertiary/aromatic N) is 3. The van der Waals surface area contributed by atoms with E-state index in [2.05, 4.69) is 20.9 Å². The second-order valence-electron chi connectivity index (χ2n) is 6.28. The number of carbonyl (C=O) groups is 2. The number of anilines is 1. The van der Waals surface area contributed by atoms with Gasteiger partial charge < -0.3 is 14.6 Å². The third-order valence-corrected chi connectivity index (χ3v) is 3.18. The quantitative estimate of drug-likeness (QED) is 0.846. The van der Waals surface area contributed by atoms with Gasteiger partial charge in [-0.15, -0.1) is 5.10 Å². The lowest BCUT2D eigenvalue weighted by atomic mass is 9.92. The van der Waals surface area contributed by atoms with Crippen molar-refractivity contribution in [2.24, 2.45) is 7.05 Å². The van der Waals surface area contributed by atoms with Crippen molar-refractivity contribution in [3.63, 3.8) is 0 Å². The molecule has 0 bridgehead atoms. The first-order valence-corrected chi connectivity index (χ1v) is 7.33. The lowest BCUT2D eigenvalue weighted by molar-refractivity contribution is -0.115. The van der Waals surface area contributed by atoms with E-state index in [4.69, 9.17) is 9.26 Å². The van der Waals surface area contributed by atoms with Gasteiger partial charge in [-0.05, 0) is 0 Å². The highest BCUT2D eigenvalue weighted by atomic mass is 16.5. The van der Waals surface area contributed by atoms with E-state index >= 15 is 0 Å². The predicted molar refractivity (Wildman–Crippen MR) is 85.9 cm³/mol. The monoisotopic (exact) mass is 335 g/mol. The molecule has 0 aromatic carbocycles. The van der Waals surface area contributed by atoms with Crippen LogP contribution in [-0.2, 0) is 17.3 Å². The zero-order valence-corrected chi connectivity index (χ0v) is 14.3. The van der Waals surface area contributed by atoms with Gasteiger partial charge in [0, 0.05) is 24.7 Å². The van der Waals surface area contributed by atoms with Crippen LogP contribution in [0.1, 0.15) is 36.8 Å². The van der Waals surface area contributed by atoms with Gasteiger partial charge in [0.15, 0.2) is 0 Å². The Morgan fingerprint density at radius 3 is 2.67 bits per heavy atom. The molecule has 9 heteroatoms. The molecule has 0 unspecified atom stereocenters. The van der Waals surface area contributed by atoms with Crippen LogP contribution in [0.4, 0.5) is 5.88 Å². The lowest BCUT2D eigenvalue weighted by Crippen LogP contribution is -2.32. The summed E-state index contributed by atoms with van der Waals surface area (Å²) >= 11 is 0. The first-order valence-electron chi connectivity index (χ1n) is 7.33. The fourth-order valence-electron chi connectivity index (χ4n) is 1.90. The summed E-state index contributed by atoms with van der Waals surface area (Å²) in [6.45, 7) is 5.73. The van der Waals surface area contributed by atoms with Crippen molar-refractivity contribution in [1.29, 1.82) is 0 Å². The number of amides is 2. The van der Waals surface area contributed by atoms with Crippen LogP contribution in [0.3, 0.4) is 0 Å². The number of aryl methyl sites for hydroxylation is 1. The van der Waals surface area contributed by atoms with Gasteiger partial charge in [0.05, 0.1) is 19.3 Å². The average Bonchev–Trinajstić information content (AvgIpc) is 3.10. The summed E-state index contributed by atoms with van der Waals surface area (Å²) in [5.74, 6) is -0.454. The highest BCUT2D eigenvalue weighted by Gasteiger charge is 2.20. The second-order valence-corrected chi connectivity index (χ2v) is 6.28. The minimum absolute atomic E-state index is 0.183. The molecule has 0 radical (unpaired) electrons. The summed E-state index contributed by atoms with van der Waals surface area (Å²) in [6.07, 6.45) is 1.51. The van der Waals surface area contributed by atoms with Crippen LogP contribution in [-0.4, -0.2) is 40.4 Å². The number of aromatic nitrogens is 3. The molecule has 2 rings (SSSR count). The maximum absolute atomic E-state index is 12.1. The number of hydrogen-bond acceptors (Lipinski definition) is 6. The maximum atomic E-state index is 12.1. The largest absolute Gasteiger partial charge is 0.479 e. The summed E-state index contributed by atoms with van der Waals surface area (Å²) < 4.78 is 11.5. The molecule has 0 spiro atoms. The van der Waals surface area contributed by atoms with E-state index in [1.54, 1.807) is 13.1 Å². The summed E-state index contributed by atoms with van der Waals surface area (Å²) in [6, 6.07) is 1.66. The third kappa shape index (κ3) is 4.12. The SMILES string of the molecule is COc1nn(C)cc1C(=O)NCC(=O)Nc1cc(C(C)(C)C)no1. The average molecular weight is 335 g/mol. The molecule has 2 amide bonds. The Balaban J connectivity index is 1.91. The van der Waals surface area contributed by atoms with Crippen molar-refractivity contribution in [3.8, 4) is 5.88 Å². The Morgan fingerprint density at radius 1 is 1.38 bits per heavy atom. The van der Waals surface area contributed by atoms with Crippen LogP contribution in [0.2, 0.25) is 0 Å². The van der Waals surface area contributed by atoms with E-state index in [9.17, 15) is 9.59 Å². The Labute approximate surface area is 139 Å². The number of carbonyl (C=O) groups excluding carboxylic acids is 2. The molecule has 0 aliphatic heterocycles. The van der Waals surface area contributed by atoms with Gasteiger partial charge in [0.1, 0.15) is 5.56 Å². The fourth-order valence-corrected chi connectivity index (χ4v) is 1.90. The molecule has 0 saturated heterocycles. The fraction of sp³-hybridized carbons (Fsp3) is 0.467. The first kappa shape index (κ1) is 17.5. The molecule has 2 aromatic heterocycles. The van der Waals surface area contributed by atoms with Crippen LogP contribution < -0.4 is 15.4 Å². The molecule has 0 atom stereocenters. The summed E-state index contributed by atoms with van der Waals surface area (Å²) in [4.78, 5) is 24.0. The molecule has 0 saturated carbocycles. The van der Waals surface area contributed by atoms with E-state index in [1.165, 1.54) is 18.0 Å². The predicted octanol–water partition coefficient (Wildman–Crippen LogP) is 1.08. The number of rotatable bonds is 5. The minimum atomic E-state index is -0.456. The molecule has 2 aromatic rings. The summed E-state index contributed by atoms with van der Waals surface area (Å²) in [5, 5.41) is 12.9. The number of methoxy groups -OCH3 is 1. The van der Waals surface area contributed by atoms with Crippen molar-refractivity contribution in [2.45, 2.75) is 26.2 Å². The topological polar surface area (TPSA) is 111 Å². The molecule has 2 heterocycles. The maximum Gasteiger partial charge on any atom is 0.258 e. The molecule has 0 fully saturated rings. The van der Waals surface area contributed by atoms with Crippen LogP contribution in [0.15, 0.2) is 16.8 Å². The van der Waals surface area contributed by atoms with Crippen LogP contribution in [0.25, 0.3) is 0 Å². The number of ether oxygens (including phenoxy) is 1. The van der Waals surface area contributed by atoms with Crippen LogP contribution in [0, 0.1) is 0 Å². The summed E-state index contributed by atoms with van der Waals surface area (Å²) in [7, 11) is 3.09. The normalized spacial score (nSPS) is 11.2. The zero-order chi connectivity index (χ0) is 17.9. The molecule has 24 heavy (non-hydrogen) atoms. The minimum Gasteiger partial charge on any atom is -0.479 e. The van der Waals surface area contributed by atoms with Gasteiger partial charge >= 0.3 is 0 Å². The van der Waals surface area contributed by atoms with Crippen LogP contribution in [0.5, 0.6) is 5.88 Å². The molecule has 0 aliphatic rings. The van der Waals surface area contributed by atoms with Crippen molar-refractivity contribution in [1.82, 2.24) is 20.3 Å². The highest BCUT2D eigenvalue weighted by molar-refractivity contribution is 6.00. The van der Waals surface area contributed by atoms with Crippen molar-refractivity contribution in [2.75, 3.05) is 19.0 Å². The molecule has 2 N–H and O–H groups in total. The Morgan fingerprint density at radius 2 is 2.08 bits per heavy atom. The number of hydrogen-bond donors (Lipinski definition) is 2. The van der Waals surface area contributed by atoms with E-state index in [1.807, 2.05) is 20.8 Å². The number of nitrogens with one attached hydrogen (secondary N) is 2. The Hall–Kier alpha value is -2.84. The van der Waals surface area contributed by atoms with E-state index in [0.717, 1.165) is 5.69 Å². The van der Waals surface area contributed by atoms with Crippen molar-refractivity contribution in [3.05, 3.63) is 23.5 Å². The van der Waals surface area contributed by atoms with E-state index < -0.39 is 11.8 Å². The van der Waals surface area contributed by atoms with Gasteiger partial charge in [-0.1, -0.05) is 25.9 Å². The highest BCUT2D eigenvalue weighted by Crippen LogP contribution is 2.23. The van der Waals surface area contributed by atoms with Gasteiger partial charge in [0.2, 0.25) is 17.7 Å². The summed E-state index contributed by atoms with van der Waals surface area (Å²) in [5.41, 5.74) is 0.793. The third-order valence-electron chi connectivity index (χ3n) is 3.18. The molecular weight excluding hydrogens is 314 g/mol. The van der Waals surface area contributed by atoms with E-state index in [-0.39, 0.29) is 29.3 Å². The first-order chi connectivity index (χ1) is 11.2. The second kappa shape index (κ2) is 6.73. The molecule has 9 nitrogen and oxygen atoms in total. The van der Waals surface area contributed by atoms with E-state index in [0.29, 0.717) is 0 Å². The van der Waals surface area contributed by atoms with Crippen molar-refractivity contribution < 1.29 is 18.8 Å². The zero-order valence-electron chi connectivity index (χ0n) is 14.3. The molecule has 0 aliphatic carbocycles. The Bertz CT molecular complexity index is 741. The van der Waals surface area contributed by atoms with Gasteiger partial charge in [0.25, 0.3) is 5.91 Å². The standard InChI is InChI=1S/C15H21N5O4/c1-15(2,3)10-6-12(24-19-10)17-11(21)7-16-13(22)9-8-20(4)18-14(9)23-5/h6,8H,7H2,1-5H3,(H,16,22)(H,17,21). The van der Waals surface area contributed by atoms with Gasteiger partial charge in [-0.25, -0.2) is 0 Å². The molecule has 130 valence electrons. The van der Waals surface area contributed by atoms with Crippen molar-refractivity contribution >= 4 is 17.7 Å². The van der Waals surface area contributed by atoms with Gasteiger partial charge in [-0.3, -0.25) is 19.6 Å². The Kier molecular flexibility index (Phi) is 4.91. The van der Waals surface area contributed by atoms with Gasteiger partial charge in [-0.2, -0.15) is 0 Å².